The van der Waals surface area contributed by atoms with Gasteiger partial charge in [0.2, 0.25) is 0 Å². The molecule has 7 nitrogen and oxygen atoms in total. The Bertz CT molecular complexity index is 1600. The van der Waals surface area contributed by atoms with Gasteiger partial charge in [0, 0.05) is 11.6 Å². The first-order valence-electron chi connectivity index (χ1n) is 14.2. The van der Waals surface area contributed by atoms with Gasteiger partial charge in [-0.1, -0.05) is 29.3 Å². The van der Waals surface area contributed by atoms with E-state index in [2.05, 4.69) is 9.47 Å². The highest BCUT2D eigenvalue weighted by Crippen LogP contribution is 2.30. The van der Waals surface area contributed by atoms with E-state index in [1.54, 1.807) is 42.5 Å². The number of benzene rings is 3. The van der Waals surface area contributed by atoms with Gasteiger partial charge < -0.3 is 19.1 Å². The summed E-state index contributed by atoms with van der Waals surface area (Å²) in [7, 11) is 0. The first kappa shape index (κ1) is 28.9. The highest BCUT2D eigenvalue weighted by molar-refractivity contribution is 6.35. The fourth-order valence-corrected chi connectivity index (χ4v) is 6.28. The zero-order valence-electron chi connectivity index (χ0n) is 23.1. The number of aromatic carboxylic acids is 1. The zero-order valence-corrected chi connectivity index (χ0v) is 24.6. The Morgan fingerprint density at radius 2 is 1.83 bits per heavy atom. The highest BCUT2D eigenvalue weighted by Gasteiger charge is 2.25. The number of rotatable bonds is 10. The molecule has 0 bridgehead atoms. The van der Waals surface area contributed by atoms with Crippen LogP contribution in [0.15, 0.2) is 54.6 Å². The van der Waals surface area contributed by atoms with Crippen molar-refractivity contribution in [2.24, 2.45) is 5.92 Å². The second-order valence-corrected chi connectivity index (χ2v) is 12.0. The molecule has 10 heteroatoms. The molecule has 0 unspecified atom stereocenters. The maximum atomic E-state index is 14.5. The molecule has 0 amide bonds. The van der Waals surface area contributed by atoms with Gasteiger partial charge >= 0.3 is 5.97 Å². The van der Waals surface area contributed by atoms with Crippen molar-refractivity contribution in [2.75, 3.05) is 19.7 Å². The number of piperidine rings is 1. The second kappa shape index (κ2) is 12.6. The minimum Gasteiger partial charge on any atom is -0.487 e. The van der Waals surface area contributed by atoms with Crippen LogP contribution >= 0.6 is 23.2 Å². The minimum atomic E-state index is -0.947. The van der Waals surface area contributed by atoms with Gasteiger partial charge in [-0.15, -0.1) is 0 Å². The number of halogens is 3. The smallest absolute Gasteiger partial charge is 0.335 e. The van der Waals surface area contributed by atoms with E-state index in [0.717, 1.165) is 73.4 Å². The van der Waals surface area contributed by atoms with Crippen LogP contribution in [0.4, 0.5) is 4.39 Å². The van der Waals surface area contributed by atoms with E-state index >= 15 is 0 Å². The number of hydrogen-bond acceptors (Lipinski definition) is 5. The molecule has 0 radical (unpaired) electrons. The molecule has 2 aliphatic rings. The molecule has 2 saturated heterocycles. The van der Waals surface area contributed by atoms with Crippen molar-refractivity contribution in [2.45, 2.75) is 51.5 Å². The van der Waals surface area contributed by atoms with Crippen LogP contribution in [0.3, 0.4) is 0 Å². The number of carboxylic acid groups (broad SMARTS) is 1. The van der Waals surface area contributed by atoms with Crippen molar-refractivity contribution in [3.8, 4) is 5.75 Å². The monoisotopic (exact) mass is 611 g/mol. The topological polar surface area (TPSA) is 76.8 Å². The van der Waals surface area contributed by atoms with E-state index in [-0.39, 0.29) is 24.1 Å². The molecular formula is C32H32Cl2FN3O4. The van der Waals surface area contributed by atoms with Crippen molar-refractivity contribution < 1.29 is 23.8 Å². The van der Waals surface area contributed by atoms with Crippen molar-refractivity contribution in [3.05, 3.63) is 93.0 Å². The van der Waals surface area contributed by atoms with Crippen LogP contribution in [0.1, 0.15) is 46.6 Å². The van der Waals surface area contributed by atoms with Crippen LogP contribution in [0, 0.1) is 11.7 Å². The number of ether oxygens (including phenoxy) is 2. The first-order chi connectivity index (χ1) is 20.3. The third kappa shape index (κ3) is 6.73. The quantitative estimate of drug-likeness (QED) is 0.208. The molecule has 4 aromatic rings. The largest absolute Gasteiger partial charge is 0.487 e. The summed E-state index contributed by atoms with van der Waals surface area (Å²) >= 11 is 12.2. The maximum Gasteiger partial charge on any atom is 0.335 e. The Labute approximate surface area is 253 Å². The van der Waals surface area contributed by atoms with Gasteiger partial charge in [-0.05, 0) is 104 Å². The summed E-state index contributed by atoms with van der Waals surface area (Å²) in [4.78, 5) is 18.9. The molecule has 1 N–H and O–H groups in total. The van der Waals surface area contributed by atoms with E-state index in [1.807, 2.05) is 6.07 Å². The number of carbonyl (C=O) groups is 1. The van der Waals surface area contributed by atoms with Crippen LogP contribution in [0.25, 0.3) is 11.0 Å². The lowest BCUT2D eigenvalue weighted by atomic mass is 9.89. The molecule has 0 aliphatic carbocycles. The Hall–Kier alpha value is -3.17. The minimum absolute atomic E-state index is 0.130. The number of imidazole rings is 1. The van der Waals surface area contributed by atoms with Gasteiger partial charge in [-0.25, -0.2) is 14.2 Å². The average Bonchev–Trinajstić information content (AvgIpc) is 3.27. The first-order valence-corrected chi connectivity index (χ1v) is 15.0. The summed E-state index contributed by atoms with van der Waals surface area (Å²) in [5.74, 6) is 0.665. The summed E-state index contributed by atoms with van der Waals surface area (Å²) in [5, 5.41) is 10.4. The van der Waals surface area contributed by atoms with E-state index in [0.29, 0.717) is 34.8 Å². The molecule has 1 aromatic heterocycles. The number of nitrogens with zero attached hydrogens (tertiary/aromatic N) is 3. The van der Waals surface area contributed by atoms with Crippen molar-refractivity contribution in [1.82, 2.24) is 14.5 Å². The summed E-state index contributed by atoms with van der Waals surface area (Å²) in [6.45, 7) is 4.15. The van der Waals surface area contributed by atoms with Crippen molar-refractivity contribution in [3.63, 3.8) is 0 Å². The molecule has 3 aromatic carbocycles. The molecular weight excluding hydrogens is 580 g/mol. The van der Waals surface area contributed by atoms with E-state index in [9.17, 15) is 14.3 Å². The third-order valence-corrected chi connectivity index (χ3v) is 8.69. The molecule has 1 atom stereocenters. The Morgan fingerprint density at radius 1 is 1.05 bits per heavy atom. The Kier molecular flexibility index (Phi) is 8.67. The molecule has 6 rings (SSSR count). The second-order valence-electron chi connectivity index (χ2n) is 11.2. The molecule has 2 aliphatic heterocycles. The lowest BCUT2D eigenvalue weighted by molar-refractivity contribution is -0.0592. The summed E-state index contributed by atoms with van der Waals surface area (Å²) < 4.78 is 28.1. The number of hydrogen-bond donors (Lipinski definition) is 1. The van der Waals surface area contributed by atoms with Gasteiger partial charge in [-0.2, -0.15) is 0 Å². The number of likely N-dealkylation sites (tertiary alicyclic amines) is 1. The van der Waals surface area contributed by atoms with Gasteiger partial charge in [0.05, 0.1) is 40.8 Å². The van der Waals surface area contributed by atoms with Crippen LogP contribution < -0.4 is 4.74 Å². The van der Waals surface area contributed by atoms with E-state index in [4.69, 9.17) is 37.7 Å². The summed E-state index contributed by atoms with van der Waals surface area (Å²) in [6.07, 6.45) is 3.92. The van der Waals surface area contributed by atoms with Crippen molar-refractivity contribution >= 4 is 40.2 Å². The summed E-state index contributed by atoms with van der Waals surface area (Å²) in [5.41, 5.74) is 3.61. The SMILES string of the molecule is O=C(O)c1ccc2nc(CN3CCC(Cc4cc(F)cc(COc5ccc(Cl)cc5Cl)c4)CC3)n(C[C@@H]3CCO3)c2c1. The lowest BCUT2D eigenvalue weighted by Gasteiger charge is -2.32. The van der Waals surface area contributed by atoms with Crippen LogP contribution in [-0.4, -0.2) is 51.3 Å². The van der Waals surface area contributed by atoms with Crippen LogP contribution in [0.2, 0.25) is 10.0 Å². The van der Waals surface area contributed by atoms with Gasteiger partial charge in [0.25, 0.3) is 0 Å². The molecule has 3 heterocycles. The molecule has 220 valence electrons. The average molecular weight is 613 g/mol. The molecule has 2 fully saturated rings. The Balaban J connectivity index is 1.08. The number of carboxylic acids is 1. The molecule has 0 spiro atoms. The van der Waals surface area contributed by atoms with E-state index < -0.39 is 5.97 Å². The number of fused-ring (bicyclic) bond motifs is 1. The standard InChI is InChI=1S/C32H32Cl2FN3O4/c33-24-2-4-30(27(34)16-24)42-19-22-12-21(13-25(35)14-22)11-20-5-8-37(9-6-20)18-31-36-28-3-1-23(32(39)40)15-29(28)38(31)17-26-7-10-41-26/h1-4,12-16,20,26H,5-11,17-19H2,(H,39,40)/t26-/m0/s1. The fraction of sp³-hybridized carbons (Fsp3) is 0.375. The van der Waals surface area contributed by atoms with Gasteiger partial charge in [0.15, 0.2) is 0 Å². The zero-order chi connectivity index (χ0) is 29.2. The normalized spacial score (nSPS) is 17.8. The van der Waals surface area contributed by atoms with Crippen LogP contribution in [0.5, 0.6) is 5.75 Å². The predicted molar refractivity (Wildman–Crippen MR) is 160 cm³/mol. The summed E-state index contributed by atoms with van der Waals surface area (Å²) in [6, 6.07) is 15.3. The van der Waals surface area contributed by atoms with Crippen molar-refractivity contribution in [1.29, 1.82) is 0 Å². The Morgan fingerprint density at radius 3 is 2.55 bits per heavy atom. The maximum absolute atomic E-state index is 14.5. The molecule has 0 saturated carbocycles. The highest BCUT2D eigenvalue weighted by atomic mass is 35.5. The van der Waals surface area contributed by atoms with Gasteiger partial charge in [-0.3, -0.25) is 4.90 Å². The third-order valence-electron chi connectivity index (χ3n) is 8.16. The number of aromatic nitrogens is 2. The lowest BCUT2D eigenvalue weighted by Crippen LogP contribution is -2.36. The molecule has 42 heavy (non-hydrogen) atoms. The fourth-order valence-electron chi connectivity index (χ4n) is 5.82. The van der Waals surface area contributed by atoms with Gasteiger partial charge in [0.1, 0.15) is 24.0 Å². The van der Waals surface area contributed by atoms with Crippen LogP contribution in [-0.2, 0) is 30.9 Å². The predicted octanol–water partition coefficient (Wildman–Crippen LogP) is 7.00. The van der Waals surface area contributed by atoms with E-state index in [1.165, 1.54) is 6.07 Å².